The number of aldehydes is 1. The minimum absolute atomic E-state index is 0.182. The Labute approximate surface area is 136 Å². The Bertz CT molecular complexity index is 412. The number of carbonyl (C=O) groups excluding carboxylic acids is 1. The van der Waals surface area contributed by atoms with Gasteiger partial charge in [-0.15, -0.1) is 0 Å². The third kappa shape index (κ3) is 7.19. The normalized spacial score (nSPS) is 12.8. The van der Waals surface area contributed by atoms with Crippen molar-refractivity contribution in [2.45, 2.75) is 40.2 Å². The molecule has 0 heterocycles. The zero-order valence-electron chi connectivity index (χ0n) is 14.7. The Morgan fingerprint density at radius 1 is 1.05 bits per heavy atom. The second kappa shape index (κ2) is 10.5. The van der Waals surface area contributed by atoms with Gasteiger partial charge in [0, 0.05) is 12.5 Å². The summed E-state index contributed by atoms with van der Waals surface area (Å²) in [6.07, 6.45) is 3.07. The number of aryl methyl sites for hydroxylation is 1. The van der Waals surface area contributed by atoms with E-state index in [0.29, 0.717) is 0 Å². The van der Waals surface area contributed by atoms with Gasteiger partial charge in [-0.1, -0.05) is 43.7 Å². The molecule has 0 bridgehead atoms. The highest BCUT2D eigenvalue weighted by molar-refractivity contribution is 5.53. The Balaban J connectivity index is 2.32. The van der Waals surface area contributed by atoms with Gasteiger partial charge >= 0.3 is 0 Å². The predicted molar refractivity (Wildman–Crippen MR) is 94.1 cm³/mol. The van der Waals surface area contributed by atoms with Crippen LogP contribution in [-0.2, 0) is 11.3 Å². The Kier molecular flexibility index (Phi) is 9.02. The first-order valence-electron chi connectivity index (χ1n) is 8.50. The van der Waals surface area contributed by atoms with Crippen LogP contribution in [0.25, 0.3) is 0 Å². The molecule has 0 aliphatic rings. The second-order valence-electron chi connectivity index (χ2n) is 6.22. The van der Waals surface area contributed by atoms with Gasteiger partial charge in [-0.05, 0) is 58.6 Å². The number of benzene rings is 1. The van der Waals surface area contributed by atoms with E-state index < -0.39 is 0 Å². The lowest BCUT2D eigenvalue weighted by molar-refractivity contribution is -0.111. The molecule has 1 aromatic rings. The summed E-state index contributed by atoms with van der Waals surface area (Å²) in [5.41, 5.74) is 2.63. The maximum absolute atomic E-state index is 11.3. The number of hydrogen-bond donors (Lipinski definition) is 0. The van der Waals surface area contributed by atoms with Crippen LogP contribution in [0.2, 0.25) is 0 Å². The number of nitrogens with zero attached hydrogens (tertiary/aromatic N) is 2. The van der Waals surface area contributed by atoms with Crippen LogP contribution in [0, 0.1) is 12.8 Å². The van der Waals surface area contributed by atoms with Gasteiger partial charge in [-0.2, -0.15) is 0 Å². The van der Waals surface area contributed by atoms with E-state index in [4.69, 9.17) is 0 Å². The quantitative estimate of drug-likeness (QED) is 0.586. The fraction of sp³-hybridized carbons (Fsp3) is 0.632. The molecule has 0 aliphatic heterocycles. The molecule has 1 rings (SSSR count). The van der Waals surface area contributed by atoms with Crippen molar-refractivity contribution >= 4 is 6.29 Å². The number of rotatable bonds is 11. The summed E-state index contributed by atoms with van der Waals surface area (Å²) >= 11 is 0. The van der Waals surface area contributed by atoms with Crippen molar-refractivity contribution in [3.63, 3.8) is 0 Å². The predicted octanol–water partition coefficient (Wildman–Crippen LogP) is 3.36. The van der Waals surface area contributed by atoms with E-state index in [9.17, 15) is 4.79 Å². The van der Waals surface area contributed by atoms with Crippen LogP contribution in [0.15, 0.2) is 24.3 Å². The first-order chi connectivity index (χ1) is 10.6. The van der Waals surface area contributed by atoms with Crippen LogP contribution in [0.5, 0.6) is 0 Å². The first kappa shape index (κ1) is 18.9. The van der Waals surface area contributed by atoms with Crippen molar-refractivity contribution in [3.05, 3.63) is 35.4 Å². The summed E-state index contributed by atoms with van der Waals surface area (Å²) in [6, 6.07) is 8.68. The molecule has 0 aromatic heterocycles. The highest BCUT2D eigenvalue weighted by atomic mass is 16.1. The van der Waals surface area contributed by atoms with E-state index in [2.05, 4.69) is 61.9 Å². The maximum Gasteiger partial charge on any atom is 0.123 e. The Morgan fingerprint density at radius 2 is 1.64 bits per heavy atom. The van der Waals surface area contributed by atoms with Crippen LogP contribution < -0.4 is 0 Å². The van der Waals surface area contributed by atoms with Gasteiger partial charge in [0.05, 0.1) is 0 Å². The van der Waals surface area contributed by atoms with Crippen LogP contribution in [0.3, 0.4) is 0 Å². The molecule has 22 heavy (non-hydrogen) atoms. The standard InChI is InChI=1S/C19H32N2O/c1-5-21(6-2)14-12-19(16-22)11-13-20(4)15-18-9-7-17(3)8-10-18/h7-10,16,19H,5-6,11-15H2,1-4H3. The minimum atomic E-state index is 0.182. The van der Waals surface area contributed by atoms with Crippen LogP contribution in [0.4, 0.5) is 0 Å². The second-order valence-corrected chi connectivity index (χ2v) is 6.22. The average molecular weight is 304 g/mol. The van der Waals surface area contributed by atoms with E-state index in [0.717, 1.165) is 51.9 Å². The largest absolute Gasteiger partial charge is 0.304 e. The van der Waals surface area contributed by atoms with Gasteiger partial charge in [0.1, 0.15) is 6.29 Å². The van der Waals surface area contributed by atoms with Gasteiger partial charge in [0.25, 0.3) is 0 Å². The summed E-state index contributed by atoms with van der Waals surface area (Å²) in [6.45, 7) is 11.5. The summed E-state index contributed by atoms with van der Waals surface area (Å²) in [5.74, 6) is 0.182. The molecular formula is C19H32N2O. The zero-order chi connectivity index (χ0) is 16.4. The monoisotopic (exact) mass is 304 g/mol. The van der Waals surface area contributed by atoms with Gasteiger partial charge in [-0.25, -0.2) is 0 Å². The topological polar surface area (TPSA) is 23.6 Å². The number of hydrogen-bond acceptors (Lipinski definition) is 3. The third-order valence-electron chi connectivity index (χ3n) is 4.36. The average Bonchev–Trinajstić information content (AvgIpc) is 2.53. The molecule has 1 atom stereocenters. The van der Waals surface area contributed by atoms with Crippen LogP contribution >= 0.6 is 0 Å². The molecule has 0 saturated carbocycles. The van der Waals surface area contributed by atoms with E-state index in [1.807, 2.05) is 0 Å². The van der Waals surface area contributed by atoms with E-state index in [-0.39, 0.29) is 5.92 Å². The molecule has 0 N–H and O–H groups in total. The van der Waals surface area contributed by atoms with Crippen molar-refractivity contribution in [1.29, 1.82) is 0 Å². The molecule has 0 spiro atoms. The molecular weight excluding hydrogens is 272 g/mol. The smallest absolute Gasteiger partial charge is 0.123 e. The summed E-state index contributed by atoms with van der Waals surface area (Å²) in [4.78, 5) is 16.0. The van der Waals surface area contributed by atoms with Gasteiger partial charge in [0.15, 0.2) is 0 Å². The van der Waals surface area contributed by atoms with Crippen molar-refractivity contribution in [2.75, 3.05) is 33.2 Å². The van der Waals surface area contributed by atoms with Gasteiger partial charge in [-0.3, -0.25) is 0 Å². The summed E-state index contributed by atoms with van der Waals surface area (Å²) in [5, 5.41) is 0. The lowest BCUT2D eigenvalue weighted by atomic mass is 10.0. The molecule has 0 aliphatic carbocycles. The third-order valence-corrected chi connectivity index (χ3v) is 4.36. The molecule has 0 fully saturated rings. The van der Waals surface area contributed by atoms with Gasteiger partial charge in [0.2, 0.25) is 0 Å². The highest BCUT2D eigenvalue weighted by Crippen LogP contribution is 2.10. The lowest BCUT2D eigenvalue weighted by Crippen LogP contribution is -2.27. The van der Waals surface area contributed by atoms with Crippen molar-refractivity contribution in [2.24, 2.45) is 5.92 Å². The highest BCUT2D eigenvalue weighted by Gasteiger charge is 2.11. The fourth-order valence-corrected chi connectivity index (χ4v) is 2.64. The van der Waals surface area contributed by atoms with Crippen molar-refractivity contribution < 1.29 is 4.79 Å². The maximum atomic E-state index is 11.3. The molecule has 0 radical (unpaired) electrons. The Hall–Kier alpha value is -1.19. The molecule has 124 valence electrons. The summed E-state index contributed by atoms with van der Waals surface area (Å²) in [7, 11) is 2.13. The molecule has 1 aromatic carbocycles. The zero-order valence-corrected chi connectivity index (χ0v) is 14.7. The number of carbonyl (C=O) groups is 1. The van der Waals surface area contributed by atoms with Crippen LogP contribution in [0.1, 0.15) is 37.8 Å². The van der Waals surface area contributed by atoms with E-state index in [1.54, 1.807) is 0 Å². The summed E-state index contributed by atoms with van der Waals surface area (Å²) < 4.78 is 0. The fourth-order valence-electron chi connectivity index (χ4n) is 2.64. The van der Waals surface area contributed by atoms with E-state index >= 15 is 0 Å². The molecule has 3 heteroatoms. The minimum Gasteiger partial charge on any atom is -0.304 e. The van der Waals surface area contributed by atoms with Crippen LogP contribution in [-0.4, -0.2) is 49.3 Å². The lowest BCUT2D eigenvalue weighted by Gasteiger charge is -2.22. The van der Waals surface area contributed by atoms with Crippen molar-refractivity contribution in [3.8, 4) is 0 Å². The van der Waals surface area contributed by atoms with Crippen molar-refractivity contribution in [1.82, 2.24) is 9.80 Å². The Morgan fingerprint density at radius 3 is 2.18 bits per heavy atom. The first-order valence-corrected chi connectivity index (χ1v) is 8.50. The molecule has 1 unspecified atom stereocenters. The van der Waals surface area contributed by atoms with Gasteiger partial charge < -0.3 is 14.6 Å². The molecule has 0 amide bonds. The SMILES string of the molecule is CCN(CC)CCC(C=O)CCN(C)Cc1ccc(C)cc1. The molecule has 3 nitrogen and oxygen atoms in total. The molecule has 0 saturated heterocycles. The van der Waals surface area contributed by atoms with E-state index in [1.165, 1.54) is 11.1 Å².